The summed E-state index contributed by atoms with van der Waals surface area (Å²) in [7, 11) is 0. The molecule has 0 aliphatic carbocycles. The Labute approximate surface area is 102 Å². The van der Waals surface area contributed by atoms with Crippen molar-refractivity contribution >= 4 is 45.7 Å². The van der Waals surface area contributed by atoms with E-state index in [2.05, 4.69) is 20.9 Å². The van der Waals surface area contributed by atoms with E-state index in [1.807, 2.05) is 0 Å². The summed E-state index contributed by atoms with van der Waals surface area (Å²) in [5, 5.41) is 0. The molecule has 0 bridgehead atoms. The highest BCUT2D eigenvalue weighted by Gasteiger charge is 2.24. The van der Waals surface area contributed by atoms with E-state index in [1.165, 1.54) is 0 Å². The number of amides is 1. The highest BCUT2D eigenvalue weighted by molar-refractivity contribution is 9.10. The molecule has 2 rings (SSSR count). The van der Waals surface area contributed by atoms with Crippen molar-refractivity contribution in [3.05, 3.63) is 16.7 Å². The number of carbonyl (C=O) groups excluding carboxylic acids is 1. The van der Waals surface area contributed by atoms with Crippen molar-refractivity contribution in [3.8, 4) is 0 Å². The summed E-state index contributed by atoms with van der Waals surface area (Å²) < 4.78 is 0.696. The maximum Gasteiger partial charge on any atom is 0.228 e. The Kier molecular flexibility index (Phi) is 3.93. The maximum absolute atomic E-state index is 11.5. The molecule has 1 fully saturated rings. The van der Waals surface area contributed by atoms with Crippen LogP contribution >= 0.6 is 28.3 Å². The van der Waals surface area contributed by atoms with E-state index in [4.69, 9.17) is 5.73 Å². The third kappa shape index (κ3) is 2.41. The summed E-state index contributed by atoms with van der Waals surface area (Å²) in [6.45, 7) is 0.715. The summed E-state index contributed by atoms with van der Waals surface area (Å²) in [6, 6.07) is 3.51. The molecule has 1 saturated heterocycles. The number of anilines is 2. The minimum absolute atomic E-state index is 0. The van der Waals surface area contributed by atoms with E-state index in [9.17, 15) is 4.79 Å². The molecule has 1 aromatic rings. The predicted molar refractivity (Wildman–Crippen MR) is 65.2 cm³/mol. The van der Waals surface area contributed by atoms with E-state index in [-0.39, 0.29) is 18.3 Å². The van der Waals surface area contributed by atoms with Gasteiger partial charge in [-0.05, 0) is 34.5 Å². The first-order valence-corrected chi connectivity index (χ1v) is 5.20. The molecule has 0 atom stereocenters. The molecule has 0 aromatic carbocycles. The van der Waals surface area contributed by atoms with Gasteiger partial charge in [0.2, 0.25) is 5.91 Å². The molecule has 1 aromatic heterocycles. The summed E-state index contributed by atoms with van der Waals surface area (Å²) in [5.41, 5.74) is 6.30. The second-order valence-electron chi connectivity index (χ2n) is 3.20. The molecule has 15 heavy (non-hydrogen) atoms. The molecule has 6 heteroatoms. The topological polar surface area (TPSA) is 59.2 Å². The van der Waals surface area contributed by atoms with Gasteiger partial charge in [-0.3, -0.25) is 9.69 Å². The summed E-state index contributed by atoms with van der Waals surface area (Å²) in [6.07, 6.45) is 1.47. The molecule has 0 spiro atoms. The number of nitrogens with zero attached hydrogens (tertiary/aromatic N) is 2. The quantitative estimate of drug-likeness (QED) is 0.805. The zero-order valence-corrected chi connectivity index (χ0v) is 10.3. The highest BCUT2D eigenvalue weighted by atomic mass is 79.9. The van der Waals surface area contributed by atoms with Gasteiger partial charge in [-0.25, -0.2) is 4.98 Å². The van der Waals surface area contributed by atoms with Crippen molar-refractivity contribution in [2.24, 2.45) is 0 Å². The van der Waals surface area contributed by atoms with E-state index in [0.717, 1.165) is 6.42 Å². The van der Waals surface area contributed by atoms with Crippen molar-refractivity contribution in [3.63, 3.8) is 0 Å². The van der Waals surface area contributed by atoms with Crippen molar-refractivity contribution < 1.29 is 4.79 Å². The van der Waals surface area contributed by atoms with Crippen LogP contribution in [0.15, 0.2) is 16.7 Å². The lowest BCUT2D eigenvalue weighted by molar-refractivity contribution is -0.117. The second-order valence-corrected chi connectivity index (χ2v) is 4.01. The molecule has 0 saturated carbocycles. The van der Waals surface area contributed by atoms with Crippen LogP contribution in [0.4, 0.5) is 11.5 Å². The lowest BCUT2D eigenvalue weighted by atomic mass is 10.3. The monoisotopic (exact) mass is 291 g/mol. The van der Waals surface area contributed by atoms with E-state index >= 15 is 0 Å². The highest BCUT2D eigenvalue weighted by Crippen LogP contribution is 2.26. The number of rotatable bonds is 1. The minimum atomic E-state index is 0. The van der Waals surface area contributed by atoms with Crippen LogP contribution in [0, 0.1) is 0 Å². The Morgan fingerprint density at radius 2 is 2.20 bits per heavy atom. The predicted octanol–water partition coefficient (Wildman–Crippen LogP) is 1.97. The Morgan fingerprint density at radius 1 is 1.47 bits per heavy atom. The molecular formula is C9H11BrClN3O. The van der Waals surface area contributed by atoms with Crippen molar-refractivity contribution in [2.45, 2.75) is 12.8 Å². The van der Waals surface area contributed by atoms with Crippen molar-refractivity contribution in [1.29, 1.82) is 0 Å². The average Bonchev–Trinajstić information content (AvgIpc) is 2.56. The molecule has 82 valence electrons. The third-order valence-electron chi connectivity index (χ3n) is 2.20. The van der Waals surface area contributed by atoms with Gasteiger partial charge >= 0.3 is 0 Å². The van der Waals surface area contributed by atoms with Crippen LogP contribution in [-0.4, -0.2) is 17.4 Å². The van der Waals surface area contributed by atoms with Crippen LogP contribution in [0.2, 0.25) is 0 Å². The van der Waals surface area contributed by atoms with Gasteiger partial charge in [0.1, 0.15) is 4.60 Å². The largest absolute Gasteiger partial charge is 0.396 e. The van der Waals surface area contributed by atoms with E-state index in [1.54, 1.807) is 17.0 Å². The average molecular weight is 293 g/mol. The number of hydrogen-bond acceptors (Lipinski definition) is 3. The zero-order valence-electron chi connectivity index (χ0n) is 7.94. The molecular weight excluding hydrogens is 281 g/mol. The Bertz CT molecular complexity index is 386. The van der Waals surface area contributed by atoms with Gasteiger partial charge in [0, 0.05) is 13.0 Å². The van der Waals surface area contributed by atoms with Crippen LogP contribution in [0.25, 0.3) is 0 Å². The van der Waals surface area contributed by atoms with E-state index in [0.29, 0.717) is 29.1 Å². The van der Waals surface area contributed by atoms with Crippen LogP contribution in [0.3, 0.4) is 0 Å². The number of nitrogen functional groups attached to an aromatic ring is 1. The van der Waals surface area contributed by atoms with Crippen LogP contribution in [0.5, 0.6) is 0 Å². The van der Waals surface area contributed by atoms with Gasteiger partial charge < -0.3 is 5.73 Å². The first-order valence-electron chi connectivity index (χ1n) is 4.41. The first kappa shape index (κ1) is 12.3. The van der Waals surface area contributed by atoms with Gasteiger partial charge in [0.15, 0.2) is 5.82 Å². The molecule has 4 nitrogen and oxygen atoms in total. The number of halogens is 2. The second kappa shape index (κ2) is 4.81. The molecule has 2 heterocycles. The van der Waals surface area contributed by atoms with Gasteiger partial charge in [-0.1, -0.05) is 0 Å². The molecule has 1 aliphatic rings. The van der Waals surface area contributed by atoms with E-state index < -0.39 is 0 Å². The molecule has 1 aliphatic heterocycles. The summed E-state index contributed by atoms with van der Waals surface area (Å²) >= 11 is 3.26. The summed E-state index contributed by atoms with van der Waals surface area (Å²) in [5.74, 6) is 0.671. The molecule has 2 N–H and O–H groups in total. The third-order valence-corrected chi connectivity index (χ3v) is 2.64. The Morgan fingerprint density at radius 3 is 2.80 bits per heavy atom. The SMILES string of the molecule is Cl.Nc1ccc(Br)nc1N1CCCC1=O. The van der Waals surface area contributed by atoms with Gasteiger partial charge in [0.25, 0.3) is 0 Å². The fourth-order valence-corrected chi connectivity index (χ4v) is 1.82. The number of hydrogen-bond donors (Lipinski definition) is 1. The minimum Gasteiger partial charge on any atom is -0.396 e. The number of pyridine rings is 1. The standard InChI is InChI=1S/C9H10BrN3O.ClH/c10-7-4-3-6(11)9(12-7)13-5-1-2-8(13)14;/h3-4H,1-2,5,11H2;1H. The lowest BCUT2D eigenvalue weighted by Gasteiger charge is -2.16. The maximum atomic E-state index is 11.5. The van der Waals surface area contributed by atoms with Gasteiger partial charge in [-0.15, -0.1) is 12.4 Å². The van der Waals surface area contributed by atoms with Gasteiger partial charge in [-0.2, -0.15) is 0 Å². The van der Waals surface area contributed by atoms with Crippen molar-refractivity contribution in [1.82, 2.24) is 4.98 Å². The molecule has 1 amide bonds. The Balaban J connectivity index is 0.00000112. The van der Waals surface area contributed by atoms with Crippen LogP contribution in [-0.2, 0) is 4.79 Å². The summed E-state index contributed by atoms with van der Waals surface area (Å²) in [4.78, 5) is 17.3. The normalized spacial score (nSPS) is 15.3. The first-order chi connectivity index (χ1) is 6.68. The smallest absolute Gasteiger partial charge is 0.228 e. The van der Waals surface area contributed by atoms with Crippen LogP contribution < -0.4 is 10.6 Å². The van der Waals surface area contributed by atoms with Gasteiger partial charge in [0.05, 0.1) is 5.69 Å². The molecule has 0 radical (unpaired) electrons. The fourth-order valence-electron chi connectivity index (χ4n) is 1.52. The van der Waals surface area contributed by atoms with Crippen molar-refractivity contribution in [2.75, 3.05) is 17.2 Å². The number of aromatic nitrogens is 1. The number of carbonyl (C=O) groups is 1. The molecule has 0 unspecified atom stereocenters. The van der Waals surface area contributed by atoms with Crippen LogP contribution in [0.1, 0.15) is 12.8 Å². The fraction of sp³-hybridized carbons (Fsp3) is 0.333. The zero-order chi connectivity index (χ0) is 10.1. The lowest BCUT2D eigenvalue weighted by Crippen LogP contribution is -2.25. The number of nitrogens with two attached hydrogens (primary N) is 1. The Hall–Kier alpha value is -0.810.